The highest BCUT2D eigenvalue weighted by molar-refractivity contribution is 7.10. The van der Waals surface area contributed by atoms with E-state index in [1.807, 2.05) is 24.4 Å². The molecule has 1 aliphatic rings. The number of benzene rings is 1. The third-order valence-corrected chi connectivity index (χ3v) is 7.80. The van der Waals surface area contributed by atoms with Gasteiger partial charge in [0, 0.05) is 10.9 Å². The van der Waals surface area contributed by atoms with Crippen molar-refractivity contribution in [2.75, 3.05) is 12.3 Å². The van der Waals surface area contributed by atoms with Crippen LogP contribution in [-0.2, 0) is 11.3 Å². The number of ether oxygens (including phenoxy) is 1. The van der Waals surface area contributed by atoms with Crippen molar-refractivity contribution in [3.05, 3.63) is 62.8 Å². The number of aromatic nitrogens is 1. The topological polar surface area (TPSA) is 141 Å². The van der Waals surface area contributed by atoms with Crippen LogP contribution in [0.15, 0.2) is 41.8 Å². The maximum Gasteiger partial charge on any atom is 0.270 e. The summed E-state index contributed by atoms with van der Waals surface area (Å²) in [6, 6.07) is 10.1. The van der Waals surface area contributed by atoms with Crippen molar-refractivity contribution in [2.24, 2.45) is 5.73 Å². The molecule has 1 saturated carbocycles. The Labute approximate surface area is 217 Å². The summed E-state index contributed by atoms with van der Waals surface area (Å²) in [4.78, 5) is 41.9. The molecule has 0 spiro atoms. The lowest BCUT2D eigenvalue weighted by Gasteiger charge is -2.32. The Kier molecular flexibility index (Phi) is 8.21. The fourth-order valence-corrected chi connectivity index (χ4v) is 5.81. The van der Waals surface area contributed by atoms with Crippen LogP contribution in [0.5, 0.6) is 5.75 Å². The number of thiophene rings is 1. The smallest absolute Gasteiger partial charge is 0.270 e. The lowest BCUT2D eigenvalue weighted by atomic mass is 10.0. The van der Waals surface area contributed by atoms with E-state index in [0.29, 0.717) is 17.9 Å². The van der Waals surface area contributed by atoms with Gasteiger partial charge in [0.1, 0.15) is 16.7 Å². The van der Waals surface area contributed by atoms with Crippen molar-refractivity contribution in [3.8, 4) is 5.75 Å². The zero-order chi connectivity index (χ0) is 25.7. The van der Waals surface area contributed by atoms with Crippen LogP contribution in [0.1, 0.15) is 69.2 Å². The van der Waals surface area contributed by atoms with E-state index in [9.17, 15) is 14.4 Å². The van der Waals surface area contributed by atoms with E-state index in [4.69, 9.17) is 16.2 Å². The van der Waals surface area contributed by atoms with Gasteiger partial charge in [0.15, 0.2) is 5.69 Å². The Balaban J connectivity index is 1.76. The average Bonchev–Trinajstić information content (AvgIpc) is 3.62. The SMILES string of the molecule is CCOc1ccc(C(C(=O)NC2CCCC2)N(Cc2cccs2)C(=O)c2snc(C(N)=O)c2N)cc1. The van der Waals surface area contributed by atoms with E-state index in [-0.39, 0.29) is 34.8 Å². The number of nitrogens with two attached hydrogens (primary N) is 2. The van der Waals surface area contributed by atoms with E-state index in [0.717, 1.165) is 42.1 Å². The van der Waals surface area contributed by atoms with Crippen LogP contribution in [0.3, 0.4) is 0 Å². The predicted octanol–water partition coefficient (Wildman–Crippen LogP) is 3.73. The van der Waals surface area contributed by atoms with Crippen LogP contribution < -0.4 is 21.5 Å². The van der Waals surface area contributed by atoms with Crippen molar-refractivity contribution in [1.82, 2.24) is 14.6 Å². The number of carbonyl (C=O) groups excluding carboxylic acids is 3. The van der Waals surface area contributed by atoms with Crippen LogP contribution in [0.25, 0.3) is 0 Å². The highest BCUT2D eigenvalue weighted by Crippen LogP contribution is 2.32. The van der Waals surface area contributed by atoms with Crippen LogP contribution in [0.2, 0.25) is 0 Å². The third-order valence-electron chi connectivity index (χ3n) is 6.09. The largest absolute Gasteiger partial charge is 0.494 e. The van der Waals surface area contributed by atoms with Gasteiger partial charge in [-0.25, -0.2) is 0 Å². The number of nitrogens with one attached hydrogen (secondary N) is 1. The molecule has 5 N–H and O–H groups in total. The molecule has 2 heterocycles. The first kappa shape index (κ1) is 25.6. The van der Waals surface area contributed by atoms with Gasteiger partial charge in [-0.05, 0) is 60.4 Å². The number of hydrogen-bond donors (Lipinski definition) is 3. The Morgan fingerprint density at radius 1 is 1.19 bits per heavy atom. The van der Waals surface area contributed by atoms with E-state index >= 15 is 0 Å². The average molecular weight is 528 g/mol. The quantitative estimate of drug-likeness (QED) is 0.367. The molecule has 3 amide bonds. The van der Waals surface area contributed by atoms with Crippen molar-refractivity contribution in [2.45, 2.75) is 51.2 Å². The van der Waals surface area contributed by atoms with Crippen LogP contribution in [0.4, 0.5) is 5.69 Å². The summed E-state index contributed by atoms with van der Waals surface area (Å²) in [6.07, 6.45) is 3.93. The summed E-state index contributed by atoms with van der Waals surface area (Å²) in [7, 11) is 0. The van der Waals surface area contributed by atoms with Gasteiger partial charge in [-0.3, -0.25) is 14.4 Å². The number of carbonyl (C=O) groups is 3. The standard InChI is InChI=1S/C25H29N5O4S2/c1-2-34-17-11-9-15(10-12-17)21(24(32)28-16-6-3-4-7-16)30(14-18-8-5-13-35-18)25(33)22-19(26)20(23(27)31)29-36-22/h5,8-13,16,21H,2-4,6-7,14,26H2,1H3,(H2,27,31)(H,28,32). The molecule has 3 aromatic rings. The van der Waals surface area contributed by atoms with Gasteiger partial charge in [-0.2, -0.15) is 4.37 Å². The first-order valence-corrected chi connectivity index (χ1v) is 13.5. The molecule has 0 bridgehead atoms. The molecule has 0 saturated heterocycles. The second-order valence-corrected chi connectivity index (χ2v) is 10.4. The molecular weight excluding hydrogens is 498 g/mol. The Morgan fingerprint density at radius 2 is 1.92 bits per heavy atom. The maximum absolute atomic E-state index is 13.9. The molecule has 2 aromatic heterocycles. The molecule has 9 nitrogen and oxygen atoms in total. The Hall–Kier alpha value is -3.44. The molecule has 11 heteroatoms. The van der Waals surface area contributed by atoms with Gasteiger partial charge in [0.05, 0.1) is 18.8 Å². The third kappa shape index (κ3) is 5.68. The van der Waals surface area contributed by atoms with Gasteiger partial charge in [-0.1, -0.05) is 31.0 Å². The van der Waals surface area contributed by atoms with E-state index in [1.54, 1.807) is 24.3 Å². The molecule has 1 unspecified atom stereocenters. The first-order chi connectivity index (χ1) is 17.4. The van der Waals surface area contributed by atoms with E-state index in [1.165, 1.54) is 16.2 Å². The second-order valence-electron chi connectivity index (χ2n) is 8.55. The lowest BCUT2D eigenvalue weighted by molar-refractivity contribution is -0.126. The minimum absolute atomic E-state index is 0.0660. The number of amides is 3. The minimum Gasteiger partial charge on any atom is -0.494 e. The molecule has 1 atom stereocenters. The molecule has 1 aliphatic carbocycles. The molecule has 0 aliphatic heterocycles. The maximum atomic E-state index is 13.9. The minimum atomic E-state index is -0.936. The fourth-order valence-electron chi connectivity index (χ4n) is 4.35. The summed E-state index contributed by atoms with van der Waals surface area (Å²) >= 11 is 2.29. The zero-order valence-corrected chi connectivity index (χ0v) is 21.6. The molecule has 36 heavy (non-hydrogen) atoms. The lowest BCUT2D eigenvalue weighted by Crippen LogP contribution is -2.45. The number of hydrogen-bond acceptors (Lipinski definition) is 8. The van der Waals surface area contributed by atoms with Crippen molar-refractivity contribution in [3.63, 3.8) is 0 Å². The van der Waals surface area contributed by atoms with Gasteiger partial charge < -0.3 is 26.4 Å². The summed E-state index contributed by atoms with van der Waals surface area (Å²) in [5.74, 6) is -0.902. The highest BCUT2D eigenvalue weighted by Gasteiger charge is 2.36. The predicted molar refractivity (Wildman–Crippen MR) is 140 cm³/mol. The van der Waals surface area contributed by atoms with Gasteiger partial charge in [0.25, 0.3) is 11.8 Å². The summed E-state index contributed by atoms with van der Waals surface area (Å²) in [5.41, 5.74) is 11.9. The van der Waals surface area contributed by atoms with Crippen molar-refractivity contribution >= 4 is 46.3 Å². The van der Waals surface area contributed by atoms with Crippen LogP contribution in [-0.4, -0.2) is 39.6 Å². The number of nitrogen functional groups attached to an aromatic ring is 1. The fraction of sp³-hybridized carbons (Fsp3) is 0.360. The molecule has 190 valence electrons. The molecule has 1 aromatic carbocycles. The Bertz CT molecular complexity index is 1200. The Morgan fingerprint density at radius 3 is 2.50 bits per heavy atom. The normalized spacial score (nSPS) is 14.4. The number of rotatable bonds is 10. The van der Waals surface area contributed by atoms with E-state index in [2.05, 4.69) is 9.69 Å². The summed E-state index contributed by atoms with van der Waals surface area (Å²) in [5, 5.41) is 5.05. The molecule has 1 fully saturated rings. The van der Waals surface area contributed by atoms with E-state index < -0.39 is 17.9 Å². The van der Waals surface area contributed by atoms with Gasteiger partial charge in [0.2, 0.25) is 5.91 Å². The van der Waals surface area contributed by atoms with Crippen molar-refractivity contribution in [1.29, 1.82) is 0 Å². The molecule has 0 radical (unpaired) electrons. The molecule has 4 rings (SSSR count). The number of nitrogens with zero attached hydrogens (tertiary/aromatic N) is 2. The first-order valence-electron chi connectivity index (χ1n) is 11.8. The summed E-state index contributed by atoms with van der Waals surface area (Å²) in [6.45, 7) is 2.59. The van der Waals surface area contributed by atoms with Gasteiger partial charge in [-0.15, -0.1) is 11.3 Å². The van der Waals surface area contributed by atoms with Crippen LogP contribution >= 0.6 is 22.9 Å². The second kappa shape index (κ2) is 11.5. The van der Waals surface area contributed by atoms with Crippen LogP contribution in [0, 0.1) is 0 Å². The number of primary amides is 1. The highest BCUT2D eigenvalue weighted by atomic mass is 32.1. The molecular formula is C25H29N5O4S2. The monoisotopic (exact) mass is 527 g/mol. The summed E-state index contributed by atoms with van der Waals surface area (Å²) < 4.78 is 9.55. The van der Waals surface area contributed by atoms with Crippen molar-refractivity contribution < 1.29 is 19.1 Å². The van der Waals surface area contributed by atoms with Gasteiger partial charge >= 0.3 is 0 Å². The number of anilines is 1. The zero-order valence-electron chi connectivity index (χ0n) is 19.9.